The number of carbonyl (C=O) groups excluding carboxylic acids is 2. The number of halogens is 9. The van der Waals surface area contributed by atoms with Crippen LogP contribution in [0.25, 0.3) is 0 Å². The second-order valence-corrected chi connectivity index (χ2v) is 3.42. The third kappa shape index (κ3) is 2.65. The van der Waals surface area contributed by atoms with Crippen molar-refractivity contribution in [1.29, 1.82) is 0 Å². The molecule has 2 nitrogen and oxygen atoms in total. The quantitative estimate of drug-likeness (QED) is 0.578. The zero-order chi connectivity index (χ0) is 14.2. The van der Waals surface area contributed by atoms with Crippen LogP contribution in [-0.2, 0) is 9.59 Å². The van der Waals surface area contributed by atoms with E-state index >= 15 is 0 Å². The molecule has 1 unspecified atom stereocenters. The highest BCUT2D eigenvalue weighted by molar-refractivity contribution is 6.65. The van der Waals surface area contributed by atoms with Crippen LogP contribution in [0.2, 0.25) is 0 Å². The van der Waals surface area contributed by atoms with E-state index in [4.69, 9.17) is 0 Å². The van der Waals surface area contributed by atoms with E-state index in [1.807, 2.05) is 0 Å². The molecule has 0 aliphatic carbocycles. The Hall–Kier alpha value is -0.570. The number of alkyl halides is 7. The van der Waals surface area contributed by atoms with Gasteiger partial charge in [0.15, 0.2) is 0 Å². The minimum atomic E-state index is -6.19. The van der Waals surface area contributed by atoms with Crippen molar-refractivity contribution in [3.05, 3.63) is 0 Å². The second-order valence-electron chi connectivity index (χ2n) is 2.73. The Kier molecular flexibility index (Phi) is 4.45. The van der Waals surface area contributed by atoms with Gasteiger partial charge >= 0.3 is 17.8 Å². The first-order valence-corrected chi connectivity index (χ1v) is 4.22. The molecular formula is C6HCl2F7O2. The number of hydrogen-bond acceptors (Lipinski definition) is 2. The summed E-state index contributed by atoms with van der Waals surface area (Å²) in [7, 11) is 0. The first kappa shape index (κ1) is 16.4. The summed E-state index contributed by atoms with van der Waals surface area (Å²) in [5.41, 5.74) is 0. The van der Waals surface area contributed by atoms with Gasteiger partial charge in [0.1, 0.15) is 0 Å². The molecule has 0 heterocycles. The largest absolute Gasteiger partial charge is 0.385 e. The Morgan fingerprint density at radius 3 is 1.47 bits per heavy atom. The third-order valence-electron chi connectivity index (χ3n) is 1.56. The van der Waals surface area contributed by atoms with Crippen LogP contribution < -0.4 is 0 Å². The molecule has 11 heteroatoms. The van der Waals surface area contributed by atoms with Gasteiger partial charge in [0, 0.05) is 0 Å². The fourth-order valence-corrected chi connectivity index (χ4v) is 0.839. The molecule has 0 amide bonds. The number of rotatable bonds is 5. The fourth-order valence-electron chi connectivity index (χ4n) is 0.617. The maximum absolute atomic E-state index is 12.6. The molecular weight excluding hydrogens is 308 g/mol. The van der Waals surface area contributed by atoms with E-state index in [2.05, 4.69) is 23.2 Å². The average molecular weight is 309 g/mol. The number of hydrogen-bond donors (Lipinski definition) is 0. The molecule has 0 bridgehead atoms. The molecule has 0 saturated heterocycles. The van der Waals surface area contributed by atoms with Crippen LogP contribution in [0.5, 0.6) is 0 Å². The molecule has 0 aromatic heterocycles. The van der Waals surface area contributed by atoms with Gasteiger partial charge in [0.25, 0.3) is 10.5 Å². The third-order valence-corrected chi connectivity index (χ3v) is 2.05. The van der Waals surface area contributed by atoms with Crippen molar-refractivity contribution in [2.75, 3.05) is 0 Å². The predicted octanol–water partition coefficient (Wildman–Crippen LogP) is 2.76. The van der Waals surface area contributed by atoms with Crippen molar-refractivity contribution in [3.8, 4) is 0 Å². The van der Waals surface area contributed by atoms with Crippen molar-refractivity contribution < 1.29 is 40.3 Å². The lowest BCUT2D eigenvalue weighted by atomic mass is 10.0. The molecule has 0 radical (unpaired) electrons. The Bertz CT molecular complexity index is 343. The summed E-state index contributed by atoms with van der Waals surface area (Å²) in [6.07, 6.45) is -5.00. The maximum atomic E-state index is 12.6. The first-order valence-electron chi connectivity index (χ1n) is 3.47. The predicted molar refractivity (Wildman–Crippen MR) is 41.5 cm³/mol. The SMILES string of the molecule is O=C(Cl)C(F)(F)C(F)C(F)(F)C(F)(F)C(=O)Cl. The summed E-state index contributed by atoms with van der Waals surface area (Å²) >= 11 is 8.10. The molecule has 0 N–H and O–H groups in total. The van der Waals surface area contributed by atoms with E-state index in [0.29, 0.717) is 0 Å². The van der Waals surface area contributed by atoms with Gasteiger partial charge in [-0.3, -0.25) is 9.59 Å². The molecule has 0 rings (SSSR count). The molecule has 1 atom stereocenters. The molecule has 0 fully saturated rings. The van der Waals surface area contributed by atoms with E-state index < -0.39 is 34.4 Å². The average Bonchev–Trinajstić information content (AvgIpc) is 2.15. The fraction of sp³-hybridized carbons (Fsp3) is 0.667. The van der Waals surface area contributed by atoms with Gasteiger partial charge in [0.05, 0.1) is 0 Å². The summed E-state index contributed by atoms with van der Waals surface area (Å²) in [4.78, 5) is 19.8. The van der Waals surface area contributed by atoms with Crippen LogP contribution in [0.15, 0.2) is 0 Å². The van der Waals surface area contributed by atoms with Gasteiger partial charge in [0.2, 0.25) is 6.17 Å². The minimum Gasteiger partial charge on any atom is -0.274 e. The van der Waals surface area contributed by atoms with Crippen molar-refractivity contribution in [2.24, 2.45) is 0 Å². The van der Waals surface area contributed by atoms with Gasteiger partial charge in [-0.25, -0.2) is 4.39 Å². The molecule has 0 aliphatic heterocycles. The van der Waals surface area contributed by atoms with E-state index in [-0.39, 0.29) is 0 Å². The van der Waals surface area contributed by atoms with Crippen LogP contribution in [0, 0.1) is 0 Å². The van der Waals surface area contributed by atoms with E-state index in [1.54, 1.807) is 0 Å². The summed E-state index contributed by atoms with van der Waals surface area (Å²) in [5.74, 6) is -17.7. The Morgan fingerprint density at radius 1 is 0.882 bits per heavy atom. The molecule has 100 valence electrons. The second kappa shape index (κ2) is 4.60. The van der Waals surface area contributed by atoms with E-state index in [0.717, 1.165) is 0 Å². The maximum Gasteiger partial charge on any atom is 0.385 e. The molecule has 0 saturated carbocycles. The van der Waals surface area contributed by atoms with Crippen molar-refractivity contribution >= 4 is 33.7 Å². The zero-order valence-electron chi connectivity index (χ0n) is 7.30. The van der Waals surface area contributed by atoms with Crippen LogP contribution in [0.4, 0.5) is 30.7 Å². The molecule has 17 heavy (non-hydrogen) atoms. The van der Waals surface area contributed by atoms with Gasteiger partial charge in [-0.05, 0) is 23.2 Å². The molecule has 0 spiro atoms. The van der Waals surface area contributed by atoms with Gasteiger partial charge in [-0.2, -0.15) is 26.3 Å². The summed E-state index contributed by atoms with van der Waals surface area (Å²) < 4.78 is 87.4. The first-order chi connectivity index (χ1) is 7.29. The smallest absolute Gasteiger partial charge is 0.274 e. The topological polar surface area (TPSA) is 34.1 Å². The standard InChI is InChI=1S/C6HCl2F7O2/c7-2(16)4(10,11)1(9)5(12,13)6(14,15)3(8)17/h1H. The van der Waals surface area contributed by atoms with E-state index in [1.165, 1.54) is 0 Å². The summed E-state index contributed by atoms with van der Waals surface area (Å²) in [5, 5.41) is -5.97. The normalized spacial score (nSPS) is 15.6. The highest BCUT2D eigenvalue weighted by Gasteiger charge is 2.73. The van der Waals surface area contributed by atoms with Crippen molar-refractivity contribution in [3.63, 3.8) is 0 Å². The van der Waals surface area contributed by atoms with Crippen LogP contribution in [0.1, 0.15) is 0 Å². The lowest BCUT2D eigenvalue weighted by molar-refractivity contribution is -0.257. The van der Waals surface area contributed by atoms with Gasteiger partial charge in [-0.1, -0.05) is 0 Å². The monoisotopic (exact) mass is 308 g/mol. The lowest BCUT2D eigenvalue weighted by Crippen LogP contribution is -2.58. The Labute approximate surface area is 98.7 Å². The van der Waals surface area contributed by atoms with Gasteiger partial charge in [-0.15, -0.1) is 0 Å². The van der Waals surface area contributed by atoms with Crippen LogP contribution in [0.3, 0.4) is 0 Å². The van der Waals surface area contributed by atoms with E-state index in [9.17, 15) is 40.3 Å². The molecule has 0 aliphatic rings. The summed E-state index contributed by atoms with van der Waals surface area (Å²) in [6, 6.07) is 0. The van der Waals surface area contributed by atoms with Crippen molar-refractivity contribution in [2.45, 2.75) is 23.9 Å². The van der Waals surface area contributed by atoms with Gasteiger partial charge < -0.3 is 0 Å². The highest BCUT2D eigenvalue weighted by Crippen LogP contribution is 2.45. The zero-order valence-corrected chi connectivity index (χ0v) is 8.81. The minimum absolute atomic E-state index is 2.91. The van der Waals surface area contributed by atoms with Crippen LogP contribution >= 0.6 is 23.2 Å². The molecule has 0 aromatic rings. The summed E-state index contributed by atoms with van der Waals surface area (Å²) in [6.45, 7) is 0. The van der Waals surface area contributed by atoms with Crippen LogP contribution in [-0.4, -0.2) is 34.4 Å². The lowest BCUT2D eigenvalue weighted by Gasteiger charge is -2.29. The Morgan fingerprint density at radius 2 is 1.24 bits per heavy atom. The highest BCUT2D eigenvalue weighted by atomic mass is 35.5. The Balaban J connectivity index is 5.49. The molecule has 0 aromatic carbocycles. The van der Waals surface area contributed by atoms with Crippen molar-refractivity contribution in [1.82, 2.24) is 0 Å². The number of carbonyl (C=O) groups is 2.